The summed E-state index contributed by atoms with van der Waals surface area (Å²) in [5, 5.41) is 12.1. The smallest absolute Gasteiger partial charge is 0.153 e. The molecule has 0 aliphatic heterocycles. The molecule has 0 fully saturated rings. The van der Waals surface area contributed by atoms with Gasteiger partial charge in [-0.15, -0.1) is 0 Å². The highest BCUT2D eigenvalue weighted by molar-refractivity contribution is 6.31. The van der Waals surface area contributed by atoms with Crippen LogP contribution >= 0.6 is 11.6 Å². The fourth-order valence-corrected chi connectivity index (χ4v) is 4.30. The van der Waals surface area contributed by atoms with Gasteiger partial charge < -0.3 is 15.7 Å². The lowest BCUT2D eigenvalue weighted by atomic mass is 9.93. The summed E-state index contributed by atoms with van der Waals surface area (Å²) in [6.07, 6.45) is 4.66. The summed E-state index contributed by atoms with van der Waals surface area (Å²) in [4.78, 5) is 13.2. The third-order valence-corrected chi connectivity index (χ3v) is 6.04. The summed E-state index contributed by atoms with van der Waals surface area (Å²) in [5.74, 6) is 0.475. The monoisotopic (exact) mass is 496 g/mol. The first-order chi connectivity index (χ1) is 16.6. The minimum atomic E-state index is -0.613. The second-order valence-electron chi connectivity index (χ2n) is 8.56. The zero-order valence-electron chi connectivity index (χ0n) is 20.0. The van der Waals surface area contributed by atoms with E-state index in [4.69, 9.17) is 32.3 Å². The molecule has 182 valence electrons. The van der Waals surface area contributed by atoms with Gasteiger partial charge in [0.25, 0.3) is 0 Å². The molecule has 3 N–H and O–H groups in total. The maximum atomic E-state index is 15.5. The van der Waals surface area contributed by atoms with E-state index >= 15 is 4.39 Å². The van der Waals surface area contributed by atoms with E-state index in [0.717, 1.165) is 11.2 Å². The highest BCUT2D eigenvalue weighted by Crippen LogP contribution is 2.44. The average Bonchev–Trinajstić information content (AvgIpc) is 3.18. The summed E-state index contributed by atoms with van der Waals surface area (Å²) in [5.41, 5.74) is 9.69. The third-order valence-electron chi connectivity index (χ3n) is 5.77. The molecule has 8 nitrogen and oxygen atoms in total. The first-order valence-corrected chi connectivity index (χ1v) is 11.4. The summed E-state index contributed by atoms with van der Waals surface area (Å²) in [7, 11) is 0. The van der Waals surface area contributed by atoms with Crippen molar-refractivity contribution in [3.05, 3.63) is 70.4 Å². The minimum Gasteiger partial charge on any atom is -0.490 e. The maximum absolute atomic E-state index is 15.5. The van der Waals surface area contributed by atoms with Crippen molar-refractivity contribution >= 4 is 28.6 Å². The van der Waals surface area contributed by atoms with Crippen LogP contribution in [0.4, 0.5) is 10.2 Å². The van der Waals surface area contributed by atoms with Crippen LogP contribution in [0.3, 0.4) is 0 Å². The highest BCUT2D eigenvalue weighted by atomic mass is 35.5. The van der Waals surface area contributed by atoms with E-state index in [1.807, 2.05) is 32.1 Å². The molecule has 0 aliphatic rings. The third kappa shape index (κ3) is 4.39. The van der Waals surface area contributed by atoms with Crippen LogP contribution in [0.5, 0.6) is 5.75 Å². The van der Waals surface area contributed by atoms with Gasteiger partial charge in [0, 0.05) is 35.6 Å². The van der Waals surface area contributed by atoms with Gasteiger partial charge in [-0.2, -0.15) is 0 Å². The van der Waals surface area contributed by atoms with Crippen LogP contribution in [0, 0.1) is 12.7 Å². The lowest BCUT2D eigenvalue weighted by molar-refractivity contribution is 0.239. The Kier molecular flexibility index (Phi) is 6.62. The SMILES string of the molecule is C/C(=N\O)c1ccc(-c2c(F)c(Cl)cc([C@H](C)c3nc(C)c4c(N)nccn34)c2OC(C)C)cn1. The number of fused-ring (bicyclic) bond motifs is 1. The summed E-state index contributed by atoms with van der Waals surface area (Å²) in [6, 6.07) is 4.91. The Labute approximate surface area is 207 Å². The van der Waals surface area contributed by atoms with Gasteiger partial charge in [-0.25, -0.2) is 14.4 Å². The summed E-state index contributed by atoms with van der Waals surface area (Å²) in [6.45, 7) is 9.17. The second kappa shape index (κ2) is 9.50. The average molecular weight is 497 g/mol. The number of imidazole rings is 1. The van der Waals surface area contributed by atoms with Crippen LogP contribution in [0.15, 0.2) is 41.9 Å². The number of benzene rings is 1. The van der Waals surface area contributed by atoms with Gasteiger partial charge in [-0.1, -0.05) is 29.7 Å². The van der Waals surface area contributed by atoms with Crippen LogP contribution in [0.2, 0.25) is 5.02 Å². The second-order valence-corrected chi connectivity index (χ2v) is 8.97. The van der Waals surface area contributed by atoms with Gasteiger partial charge in [0.1, 0.15) is 28.6 Å². The molecule has 0 radical (unpaired) electrons. The summed E-state index contributed by atoms with van der Waals surface area (Å²) < 4.78 is 23.6. The molecule has 4 aromatic rings. The molecule has 4 rings (SSSR count). The first-order valence-electron chi connectivity index (χ1n) is 11.1. The van der Waals surface area contributed by atoms with Crippen LogP contribution in [-0.2, 0) is 0 Å². The molecule has 0 aliphatic carbocycles. The number of aromatic nitrogens is 4. The Morgan fingerprint density at radius 1 is 1.26 bits per heavy atom. The molecule has 1 atom stereocenters. The van der Waals surface area contributed by atoms with Crippen molar-refractivity contribution < 1.29 is 14.3 Å². The minimum absolute atomic E-state index is 0.0473. The Morgan fingerprint density at radius 3 is 2.63 bits per heavy atom. The number of nitrogens with zero attached hydrogens (tertiary/aromatic N) is 5. The lowest BCUT2D eigenvalue weighted by Crippen LogP contribution is -2.13. The van der Waals surface area contributed by atoms with E-state index in [0.29, 0.717) is 39.9 Å². The van der Waals surface area contributed by atoms with E-state index < -0.39 is 5.82 Å². The number of rotatable bonds is 6. The molecule has 0 saturated heterocycles. The van der Waals surface area contributed by atoms with Crippen molar-refractivity contribution in [1.29, 1.82) is 0 Å². The van der Waals surface area contributed by atoms with Crippen molar-refractivity contribution in [1.82, 2.24) is 19.4 Å². The van der Waals surface area contributed by atoms with E-state index in [9.17, 15) is 0 Å². The fourth-order valence-electron chi connectivity index (χ4n) is 4.09. The predicted octanol–water partition coefficient (Wildman–Crippen LogP) is 5.61. The van der Waals surface area contributed by atoms with E-state index in [1.54, 1.807) is 37.5 Å². The first kappa shape index (κ1) is 24.4. The number of hydrogen-bond donors (Lipinski definition) is 2. The number of nitrogen functional groups attached to an aromatic ring is 1. The van der Waals surface area contributed by atoms with Gasteiger partial charge in [0.15, 0.2) is 5.82 Å². The zero-order valence-corrected chi connectivity index (χ0v) is 20.8. The number of halogens is 2. The van der Waals surface area contributed by atoms with Crippen molar-refractivity contribution in [2.45, 2.75) is 46.6 Å². The molecule has 0 amide bonds. The Morgan fingerprint density at radius 2 is 2.00 bits per heavy atom. The molecule has 0 saturated carbocycles. The molecule has 10 heteroatoms. The van der Waals surface area contributed by atoms with E-state index in [-0.39, 0.29) is 22.6 Å². The lowest BCUT2D eigenvalue weighted by Gasteiger charge is -2.23. The Hall–Kier alpha value is -3.72. The quantitative estimate of drug-likeness (QED) is 0.204. The van der Waals surface area contributed by atoms with Crippen molar-refractivity contribution in [2.24, 2.45) is 5.16 Å². The maximum Gasteiger partial charge on any atom is 0.153 e. The number of pyridine rings is 1. The normalized spacial score (nSPS) is 13.0. The molecule has 0 bridgehead atoms. The number of nitrogens with two attached hydrogens (primary N) is 1. The number of oxime groups is 1. The molecule has 0 unspecified atom stereocenters. The van der Waals surface area contributed by atoms with Crippen LogP contribution < -0.4 is 10.5 Å². The van der Waals surface area contributed by atoms with Crippen LogP contribution in [0.25, 0.3) is 16.6 Å². The number of ether oxygens (including phenoxy) is 1. The Balaban J connectivity index is 1.95. The molecular formula is C25H26ClFN6O2. The van der Waals surface area contributed by atoms with E-state index in [1.165, 1.54) is 6.20 Å². The van der Waals surface area contributed by atoms with Crippen LogP contribution in [0.1, 0.15) is 56.4 Å². The van der Waals surface area contributed by atoms with Crippen molar-refractivity contribution in [3.63, 3.8) is 0 Å². The van der Waals surface area contributed by atoms with Gasteiger partial charge in [-0.05, 0) is 39.8 Å². The topological polar surface area (TPSA) is 111 Å². The highest BCUT2D eigenvalue weighted by Gasteiger charge is 2.28. The Bertz CT molecular complexity index is 1430. The van der Waals surface area contributed by atoms with E-state index in [2.05, 4.69) is 15.1 Å². The fraction of sp³-hybridized carbons (Fsp3) is 0.280. The van der Waals surface area contributed by atoms with Crippen molar-refractivity contribution in [2.75, 3.05) is 5.73 Å². The number of hydrogen-bond acceptors (Lipinski definition) is 7. The molecule has 0 spiro atoms. The van der Waals surface area contributed by atoms with Crippen molar-refractivity contribution in [3.8, 4) is 16.9 Å². The summed E-state index contributed by atoms with van der Waals surface area (Å²) >= 11 is 6.40. The number of anilines is 1. The molecule has 35 heavy (non-hydrogen) atoms. The zero-order chi connectivity index (χ0) is 25.4. The van der Waals surface area contributed by atoms with Gasteiger partial charge in [-0.3, -0.25) is 9.38 Å². The van der Waals surface area contributed by atoms with Gasteiger partial charge >= 0.3 is 0 Å². The standard InChI is InChI=1S/C25H26ClFN6O2/c1-12(2)35-23-17(13(3)25-31-15(5)22-24(28)29-8-9-33(22)25)10-18(26)21(27)20(23)16-6-7-19(30-11-16)14(4)32-34/h6-13,34H,1-5H3,(H2,28,29)/b32-14+/t13-/m0/s1. The molecule has 3 heterocycles. The largest absolute Gasteiger partial charge is 0.490 e. The van der Waals surface area contributed by atoms with Gasteiger partial charge in [0.2, 0.25) is 0 Å². The molecular weight excluding hydrogens is 471 g/mol. The number of aryl methyl sites for hydroxylation is 1. The molecule has 1 aromatic carbocycles. The van der Waals surface area contributed by atoms with Gasteiger partial charge in [0.05, 0.1) is 28.1 Å². The predicted molar refractivity (Wildman–Crippen MR) is 134 cm³/mol. The molecule has 3 aromatic heterocycles. The van der Waals surface area contributed by atoms with Crippen LogP contribution in [-0.4, -0.2) is 36.4 Å².